The number of hydrogen-bond donors (Lipinski definition) is 1. The second-order valence-corrected chi connectivity index (χ2v) is 4.15. The lowest BCUT2D eigenvalue weighted by molar-refractivity contribution is 0.111. The summed E-state index contributed by atoms with van der Waals surface area (Å²) in [7, 11) is -3.02. The van der Waals surface area contributed by atoms with Crippen LogP contribution in [0.3, 0.4) is 0 Å². The zero-order valence-electron chi connectivity index (χ0n) is 7.73. The first-order valence-electron chi connectivity index (χ1n) is 3.76. The Morgan fingerprint density at radius 3 is 2.47 bits per heavy atom. The number of methoxy groups -OCH3 is 1. The molecule has 0 unspecified atom stereocenters. The largest absolute Gasteiger partial charge is 0.495 e. The monoisotopic (exact) mass is 233 g/mol. The summed E-state index contributed by atoms with van der Waals surface area (Å²) in [5.74, 6) is -1.13. The van der Waals surface area contributed by atoms with Gasteiger partial charge in [0.15, 0.2) is 6.29 Å². The van der Waals surface area contributed by atoms with Gasteiger partial charge in [-0.15, -0.1) is 0 Å². The Morgan fingerprint density at radius 2 is 2.07 bits per heavy atom. The number of hydrogen-bond acceptors (Lipinski definition) is 4. The molecule has 1 aromatic carbocycles. The number of rotatable bonds is 3. The molecule has 0 aliphatic rings. The van der Waals surface area contributed by atoms with Gasteiger partial charge in [-0.05, 0) is 12.1 Å². The zero-order chi connectivity index (χ0) is 11.6. The summed E-state index contributed by atoms with van der Waals surface area (Å²) in [4.78, 5) is 9.91. The van der Waals surface area contributed by atoms with Crippen molar-refractivity contribution in [3.8, 4) is 5.75 Å². The molecule has 7 heteroatoms. The molecule has 1 rings (SSSR count). The highest BCUT2D eigenvalue weighted by Gasteiger charge is 2.22. The van der Waals surface area contributed by atoms with Crippen molar-refractivity contribution in [3.63, 3.8) is 0 Å². The molecule has 15 heavy (non-hydrogen) atoms. The van der Waals surface area contributed by atoms with Crippen LogP contribution in [0.4, 0.5) is 4.39 Å². The van der Waals surface area contributed by atoms with Crippen molar-refractivity contribution < 1.29 is 22.3 Å². The number of aldehydes is 1. The molecule has 0 aliphatic heterocycles. The summed E-state index contributed by atoms with van der Waals surface area (Å²) in [5.41, 5.74) is -0.628. The maximum Gasteiger partial charge on any atom is 0.242 e. The molecule has 0 bridgehead atoms. The van der Waals surface area contributed by atoms with Crippen LogP contribution >= 0.6 is 0 Å². The van der Waals surface area contributed by atoms with E-state index >= 15 is 0 Å². The molecule has 0 saturated heterocycles. The first-order valence-corrected chi connectivity index (χ1v) is 5.31. The van der Waals surface area contributed by atoms with Crippen LogP contribution in [-0.4, -0.2) is 21.8 Å². The summed E-state index contributed by atoms with van der Waals surface area (Å²) in [5, 5.41) is 4.85. The number of ether oxygens (including phenoxy) is 1. The van der Waals surface area contributed by atoms with Crippen LogP contribution in [0.1, 0.15) is 10.4 Å². The molecular weight excluding hydrogens is 225 g/mol. The van der Waals surface area contributed by atoms with Crippen molar-refractivity contribution in [2.75, 3.05) is 7.11 Å². The van der Waals surface area contributed by atoms with Crippen molar-refractivity contribution in [3.05, 3.63) is 23.5 Å². The highest BCUT2D eigenvalue weighted by molar-refractivity contribution is 7.89. The number of nitrogens with two attached hydrogens (primary N) is 1. The Balaban J connectivity index is 3.70. The van der Waals surface area contributed by atoms with Crippen LogP contribution in [0.2, 0.25) is 0 Å². The van der Waals surface area contributed by atoms with Crippen molar-refractivity contribution in [2.24, 2.45) is 5.14 Å². The van der Waals surface area contributed by atoms with Crippen LogP contribution in [0.25, 0.3) is 0 Å². The average Bonchev–Trinajstić information content (AvgIpc) is 2.15. The molecule has 82 valence electrons. The maximum atomic E-state index is 13.1. The van der Waals surface area contributed by atoms with Crippen LogP contribution in [0.5, 0.6) is 5.75 Å². The Hall–Kier alpha value is -1.47. The van der Waals surface area contributed by atoms with E-state index in [2.05, 4.69) is 4.74 Å². The number of carbonyl (C=O) groups excluding carboxylic acids is 1. The lowest BCUT2D eigenvalue weighted by Crippen LogP contribution is -2.16. The summed E-state index contributed by atoms with van der Waals surface area (Å²) >= 11 is 0. The molecule has 5 nitrogen and oxygen atoms in total. The van der Waals surface area contributed by atoms with Crippen LogP contribution < -0.4 is 9.88 Å². The van der Waals surface area contributed by atoms with E-state index in [0.717, 1.165) is 12.1 Å². The predicted molar refractivity (Wildman–Crippen MR) is 49.7 cm³/mol. The van der Waals surface area contributed by atoms with Gasteiger partial charge in [-0.1, -0.05) is 0 Å². The van der Waals surface area contributed by atoms with Crippen LogP contribution in [0, 0.1) is 5.82 Å². The molecule has 0 fully saturated rings. The molecule has 0 heterocycles. The third-order valence-electron chi connectivity index (χ3n) is 1.73. The molecular formula is C8H8FNO4S. The van der Waals surface area contributed by atoms with Crippen molar-refractivity contribution >= 4 is 16.3 Å². The zero-order valence-corrected chi connectivity index (χ0v) is 8.55. The molecule has 0 radical (unpaired) electrons. The minimum absolute atomic E-state index is 0.0809. The minimum Gasteiger partial charge on any atom is -0.495 e. The third kappa shape index (κ3) is 2.13. The fourth-order valence-electron chi connectivity index (χ4n) is 1.12. The van der Waals surface area contributed by atoms with E-state index in [9.17, 15) is 17.6 Å². The summed E-state index contributed by atoms with van der Waals surface area (Å²) < 4.78 is 40.0. The van der Waals surface area contributed by atoms with E-state index in [-0.39, 0.29) is 12.0 Å². The van der Waals surface area contributed by atoms with Gasteiger partial charge < -0.3 is 4.74 Å². The SMILES string of the molecule is COc1ccc(F)c(C=O)c1S(N)(=O)=O. The predicted octanol–water partition coefficient (Wildman–Crippen LogP) is 0.294. The lowest BCUT2D eigenvalue weighted by Gasteiger charge is -2.08. The van der Waals surface area contributed by atoms with Gasteiger partial charge in [-0.2, -0.15) is 0 Å². The Morgan fingerprint density at radius 1 is 1.47 bits per heavy atom. The highest BCUT2D eigenvalue weighted by Crippen LogP contribution is 2.27. The first-order chi connectivity index (χ1) is 6.91. The Bertz CT molecular complexity index is 498. The second-order valence-electron chi connectivity index (χ2n) is 2.66. The number of sulfonamides is 1. The molecule has 1 aromatic rings. The van der Waals surface area contributed by atoms with Gasteiger partial charge in [0.1, 0.15) is 16.5 Å². The van der Waals surface area contributed by atoms with Gasteiger partial charge in [0.2, 0.25) is 10.0 Å². The molecule has 0 atom stereocenters. The summed E-state index contributed by atoms with van der Waals surface area (Å²) in [6.07, 6.45) is 0.0809. The van der Waals surface area contributed by atoms with E-state index in [1.807, 2.05) is 0 Å². The van der Waals surface area contributed by atoms with E-state index in [1.54, 1.807) is 0 Å². The molecule has 0 spiro atoms. The van der Waals surface area contributed by atoms with E-state index in [4.69, 9.17) is 5.14 Å². The standard InChI is InChI=1S/C8H8FNO4S/c1-14-7-3-2-6(9)5(4-11)8(7)15(10,12)13/h2-4H,1H3,(H2,10,12,13). The Kier molecular flexibility index (Phi) is 3.06. The number of primary sulfonamides is 1. The van der Waals surface area contributed by atoms with Gasteiger partial charge in [-0.25, -0.2) is 17.9 Å². The van der Waals surface area contributed by atoms with E-state index in [0.29, 0.717) is 0 Å². The smallest absolute Gasteiger partial charge is 0.242 e. The maximum absolute atomic E-state index is 13.1. The third-order valence-corrected chi connectivity index (χ3v) is 2.72. The molecule has 0 aliphatic carbocycles. The number of carbonyl (C=O) groups is 1. The molecule has 0 aromatic heterocycles. The number of halogens is 1. The van der Waals surface area contributed by atoms with Crippen LogP contribution in [-0.2, 0) is 10.0 Å². The summed E-state index contributed by atoms with van der Waals surface area (Å²) in [6, 6.07) is 2.01. The minimum atomic E-state index is -4.21. The van der Waals surface area contributed by atoms with Gasteiger partial charge >= 0.3 is 0 Å². The van der Waals surface area contributed by atoms with E-state index < -0.39 is 26.3 Å². The van der Waals surface area contributed by atoms with Gasteiger partial charge in [0, 0.05) is 0 Å². The van der Waals surface area contributed by atoms with Gasteiger partial charge in [0.25, 0.3) is 0 Å². The quantitative estimate of drug-likeness (QED) is 0.760. The van der Waals surface area contributed by atoms with Crippen molar-refractivity contribution in [1.29, 1.82) is 0 Å². The molecule has 0 amide bonds. The highest BCUT2D eigenvalue weighted by atomic mass is 32.2. The average molecular weight is 233 g/mol. The molecule has 2 N–H and O–H groups in total. The van der Waals surface area contributed by atoms with Crippen molar-refractivity contribution in [1.82, 2.24) is 0 Å². The van der Waals surface area contributed by atoms with Gasteiger partial charge in [0.05, 0.1) is 12.7 Å². The van der Waals surface area contributed by atoms with E-state index in [1.165, 1.54) is 7.11 Å². The molecule has 0 saturated carbocycles. The fraction of sp³-hybridized carbons (Fsp3) is 0.125. The lowest BCUT2D eigenvalue weighted by atomic mass is 10.2. The second kappa shape index (κ2) is 3.95. The van der Waals surface area contributed by atoms with Crippen LogP contribution in [0.15, 0.2) is 17.0 Å². The normalized spacial score (nSPS) is 11.1. The fourth-order valence-corrected chi connectivity index (χ4v) is 2.00. The van der Waals surface area contributed by atoms with Crippen molar-refractivity contribution in [2.45, 2.75) is 4.90 Å². The number of benzene rings is 1. The first kappa shape index (κ1) is 11.6. The topological polar surface area (TPSA) is 86.5 Å². The summed E-state index contributed by atoms with van der Waals surface area (Å²) in [6.45, 7) is 0. The van der Waals surface area contributed by atoms with Gasteiger partial charge in [-0.3, -0.25) is 4.79 Å². The Labute approximate surface area is 85.7 Å².